The van der Waals surface area contributed by atoms with Crippen LogP contribution in [-0.2, 0) is 14.3 Å². The second kappa shape index (κ2) is 7.77. The Kier molecular flexibility index (Phi) is 5.58. The van der Waals surface area contributed by atoms with Crippen LogP contribution in [0, 0.1) is 11.7 Å². The number of hydrogen-bond acceptors (Lipinski definition) is 4. The van der Waals surface area contributed by atoms with Gasteiger partial charge in [-0.05, 0) is 45.0 Å². The first-order valence-electron chi connectivity index (χ1n) is 9.47. The van der Waals surface area contributed by atoms with Crippen LogP contribution in [0.15, 0.2) is 24.3 Å². The number of halogens is 1. The van der Waals surface area contributed by atoms with Gasteiger partial charge in [0.15, 0.2) is 0 Å². The van der Waals surface area contributed by atoms with Crippen LogP contribution in [0.3, 0.4) is 0 Å². The number of amides is 3. The molecule has 7 nitrogen and oxygen atoms in total. The Morgan fingerprint density at radius 2 is 1.61 bits per heavy atom. The third-order valence-electron chi connectivity index (χ3n) is 4.86. The van der Waals surface area contributed by atoms with E-state index in [0.29, 0.717) is 31.9 Å². The van der Waals surface area contributed by atoms with Gasteiger partial charge in [-0.15, -0.1) is 0 Å². The van der Waals surface area contributed by atoms with Gasteiger partial charge in [-0.25, -0.2) is 9.18 Å². The van der Waals surface area contributed by atoms with Crippen molar-refractivity contribution in [3.8, 4) is 0 Å². The number of piperazine rings is 1. The average molecular weight is 391 g/mol. The topological polar surface area (TPSA) is 70.2 Å². The minimum absolute atomic E-state index is 0.0817. The van der Waals surface area contributed by atoms with E-state index in [4.69, 9.17) is 4.74 Å². The summed E-state index contributed by atoms with van der Waals surface area (Å²) in [7, 11) is 0. The average Bonchev–Trinajstić information content (AvgIpc) is 3.02. The molecule has 0 spiro atoms. The van der Waals surface area contributed by atoms with Crippen LogP contribution in [-0.4, -0.2) is 66.0 Å². The molecule has 28 heavy (non-hydrogen) atoms. The second-order valence-corrected chi connectivity index (χ2v) is 8.17. The standard InChI is InChI=1S/C20H26FN3O4/c1-20(2,3)28-19(27)23-10-8-22(9-11-23)18(26)14-12-17(25)24(13-14)16-6-4-15(21)5-7-16/h4-7,14H,8-13H2,1-3H3. The number of rotatable bonds is 2. The van der Waals surface area contributed by atoms with Crippen LogP contribution in [0.4, 0.5) is 14.9 Å². The van der Waals surface area contributed by atoms with E-state index in [9.17, 15) is 18.8 Å². The summed E-state index contributed by atoms with van der Waals surface area (Å²) in [5.41, 5.74) is 0.0364. The van der Waals surface area contributed by atoms with E-state index in [1.807, 2.05) is 20.8 Å². The van der Waals surface area contributed by atoms with Crippen molar-refractivity contribution >= 4 is 23.6 Å². The highest BCUT2D eigenvalue weighted by Crippen LogP contribution is 2.27. The quantitative estimate of drug-likeness (QED) is 0.775. The lowest BCUT2D eigenvalue weighted by molar-refractivity contribution is -0.137. The Labute approximate surface area is 164 Å². The fourth-order valence-corrected chi connectivity index (χ4v) is 3.44. The number of carbonyl (C=O) groups is 3. The van der Waals surface area contributed by atoms with E-state index in [2.05, 4.69) is 0 Å². The van der Waals surface area contributed by atoms with Crippen molar-refractivity contribution in [1.82, 2.24) is 9.80 Å². The van der Waals surface area contributed by atoms with Gasteiger partial charge in [0.25, 0.3) is 0 Å². The maximum atomic E-state index is 13.1. The van der Waals surface area contributed by atoms with E-state index in [1.165, 1.54) is 17.0 Å². The van der Waals surface area contributed by atoms with Crippen LogP contribution in [0.5, 0.6) is 0 Å². The van der Waals surface area contributed by atoms with Crippen molar-refractivity contribution in [1.29, 1.82) is 0 Å². The lowest BCUT2D eigenvalue weighted by atomic mass is 10.1. The molecule has 2 heterocycles. The molecular weight excluding hydrogens is 365 g/mol. The summed E-state index contributed by atoms with van der Waals surface area (Å²) in [5, 5.41) is 0. The van der Waals surface area contributed by atoms with Crippen molar-refractivity contribution < 1.29 is 23.5 Å². The van der Waals surface area contributed by atoms with Crippen molar-refractivity contribution in [2.45, 2.75) is 32.8 Å². The first-order chi connectivity index (χ1) is 13.1. The highest BCUT2D eigenvalue weighted by atomic mass is 19.1. The van der Waals surface area contributed by atoms with Crippen LogP contribution in [0.2, 0.25) is 0 Å². The Bertz CT molecular complexity index is 752. The number of hydrogen-bond donors (Lipinski definition) is 0. The molecule has 0 bridgehead atoms. The summed E-state index contributed by atoms with van der Waals surface area (Å²) in [4.78, 5) is 42.1. The molecule has 3 rings (SSSR count). The molecule has 0 N–H and O–H groups in total. The van der Waals surface area contributed by atoms with Gasteiger partial charge < -0.3 is 19.4 Å². The van der Waals surface area contributed by atoms with Crippen molar-refractivity contribution in [3.05, 3.63) is 30.1 Å². The number of anilines is 1. The zero-order valence-corrected chi connectivity index (χ0v) is 16.5. The Balaban J connectivity index is 1.55. The summed E-state index contributed by atoms with van der Waals surface area (Å²) in [6.45, 7) is 7.37. The molecule has 152 valence electrons. The maximum Gasteiger partial charge on any atom is 0.410 e. The Hall–Kier alpha value is -2.64. The largest absolute Gasteiger partial charge is 0.444 e. The SMILES string of the molecule is CC(C)(C)OC(=O)N1CCN(C(=O)C2CC(=O)N(c3ccc(F)cc3)C2)CC1. The predicted octanol–water partition coefficient (Wildman–Crippen LogP) is 2.26. The van der Waals surface area contributed by atoms with Crippen LogP contribution < -0.4 is 4.90 Å². The molecule has 3 amide bonds. The van der Waals surface area contributed by atoms with Gasteiger partial charge in [0.2, 0.25) is 11.8 Å². The van der Waals surface area contributed by atoms with Crippen LogP contribution in [0.1, 0.15) is 27.2 Å². The first kappa shape index (κ1) is 20.1. The van der Waals surface area contributed by atoms with Gasteiger partial charge in [0, 0.05) is 44.8 Å². The zero-order chi connectivity index (χ0) is 20.5. The smallest absolute Gasteiger partial charge is 0.410 e. The minimum atomic E-state index is -0.557. The predicted molar refractivity (Wildman–Crippen MR) is 101 cm³/mol. The van der Waals surface area contributed by atoms with Gasteiger partial charge in [0.1, 0.15) is 11.4 Å². The van der Waals surface area contributed by atoms with E-state index < -0.39 is 11.5 Å². The Morgan fingerprint density at radius 3 is 2.18 bits per heavy atom. The minimum Gasteiger partial charge on any atom is -0.444 e. The number of ether oxygens (including phenoxy) is 1. The van der Waals surface area contributed by atoms with Crippen LogP contribution in [0.25, 0.3) is 0 Å². The molecule has 2 aliphatic heterocycles. The molecule has 1 aromatic carbocycles. The summed E-state index contributed by atoms with van der Waals surface area (Å²) in [5.74, 6) is -1.02. The molecular formula is C20H26FN3O4. The molecule has 0 radical (unpaired) electrons. The van der Waals surface area contributed by atoms with Gasteiger partial charge in [0.05, 0.1) is 5.92 Å². The lowest BCUT2D eigenvalue weighted by Gasteiger charge is -2.36. The van der Waals surface area contributed by atoms with Crippen LogP contribution >= 0.6 is 0 Å². The van der Waals surface area contributed by atoms with Gasteiger partial charge in [-0.3, -0.25) is 9.59 Å². The van der Waals surface area contributed by atoms with E-state index in [1.54, 1.807) is 21.9 Å². The molecule has 2 saturated heterocycles. The fraction of sp³-hybridized carbons (Fsp3) is 0.550. The summed E-state index contributed by atoms with van der Waals surface area (Å²) in [6, 6.07) is 5.68. The monoisotopic (exact) mass is 391 g/mol. The van der Waals surface area contributed by atoms with Gasteiger partial charge in [-0.2, -0.15) is 0 Å². The third kappa shape index (κ3) is 4.61. The number of nitrogens with zero attached hydrogens (tertiary/aromatic N) is 3. The van der Waals surface area contributed by atoms with Crippen molar-refractivity contribution in [2.24, 2.45) is 5.92 Å². The zero-order valence-electron chi connectivity index (χ0n) is 16.5. The molecule has 8 heteroatoms. The molecule has 1 aromatic rings. The maximum absolute atomic E-state index is 13.1. The highest BCUT2D eigenvalue weighted by Gasteiger charge is 2.38. The molecule has 2 fully saturated rings. The highest BCUT2D eigenvalue weighted by molar-refractivity contribution is 6.00. The fourth-order valence-electron chi connectivity index (χ4n) is 3.44. The Morgan fingerprint density at radius 1 is 1.04 bits per heavy atom. The third-order valence-corrected chi connectivity index (χ3v) is 4.86. The lowest BCUT2D eigenvalue weighted by Crippen LogP contribution is -2.53. The van der Waals surface area contributed by atoms with Crippen molar-refractivity contribution in [2.75, 3.05) is 37.6 Å². The summed E-state index contributed by atoms with van der Waals surface area (Å²) < 4.78 is 18.5. The molecule has 1 atom stereocenters. The van der Waals surface area contributed by atoms with Crippen molar-refractivity contribution in [3.63, 3.8) is 0 Å². The first-order valence-corrected chi connectivity index (χ1v) is 9.47. The normalized spacial score (nSPS) is 20.5. The number of carbonyl (C=O) groups excluding carboxylic acids is 3. The molecule has 1 unspecified atom stereocenters. The summed E-state index contributed by atoms with van der Waals surface area (Å²) >= 11 is 0. The second-order valence-electron chi connectivity index (χ2n) is 8.17. The van der Waals surface area contributed by atoms with E-state index in [-0.39, 0.29) is 36.7 Å². The molecule has 0 saturated carbocycles. The van der Waals surface area contributed by atoms with Gasteiger partial charge in [-0.1, -0.05) is 0 Å². The van der Waals surface area contributed by atoms with E-state index in [0.717, 1.165) is 0 Å². The summed E-state index contributed by atoms with van der Waals surface area (Å²) in [6.07, 6.45) is -0.235. The molecule has 0 aliphatic carbocycles. The molecule has 0 aromatic heterocycles. The molecule has 2 aliphatic rings. The van der Waals surface area contributed by atoms with E-state index >= 15 is 0 Å². The number of benzene rings is 1. The van der Waals surface area contributed by atoms with Gasteiger partial charge >= 0.3 is 6.09 Å².